The van der Waals surface area contributed by atoms with Crippen LogP contribution in [0.1, 0.15) is 41.8 Å². The smallest absolute Gasteiger partial charge is 0.341 e. The SMILES string of the molecule is CC(C)c1nc(Cn2ccc(=O)c(C(=O)O)c2)no1. The molecule has 0 amide bonds. The van der Waals surface area contributed by atoms with Gasteiger partial charge in [0, 0.05) is 24.4 Å². The number of pyridine rings is 1. The number of nitrogens with zero attached hydrogens (tertiary/aromatic N) is 3. The third-order valence-electron chi connectivity index (χ3n) is 2.51. The summed E-state index contributed by atoms with van der Waals surface area (Å²) in [5, 5.41) is 12.7. The Morgan fingerprint density at radius 3 is 2.84 bits per heavy atom. The molecule has 100 valence electrons. The van der Waals surface area contributed by atoms with E-state index in [1.54, 1.807) is 0 Å². The van der Waals surface area contributed by atoms with Gasteiger partial charge in [-0.2, -0.15) is 4.98 Å². The molecule has 7 nitrogen and oxygen atoms in total. The lowest BCUT2D eigenvalue weighted by Gasteiger charge is -2.03. The van der Waals surface area contributed by atoms with Gasteiger partial charge in [-0.3, -0.25) is 4.79 Å². The Kier molecular flexibility index (Phi) is 3.46. The molecular formula is C12H13N3O4. The highest BCUT2D eigenvalue weighted by Crippen LogP contribution is 2.11. The second kappa shape index (κ2) is 5.05. The lowest BCUT2D eigenvalue weighted by Crippen LogP contribution is -2.17. The summed E-state index contributed by atoms with van der Waals surface area (Å²) in [6.07, 6.45) is 2.75. The summed E-state index contributed by atoms with van der Waals surface area (Å²) in [6, 6.07) is 1.20. The van der Waals surface area contributed by atoms with Crippen molar-refractivity contribution >= 4 is 5.97 Å². The molecule has 19 heavy (non-hydrogen) atoms. The van der Waals surface area contributed by atoms with Crippen molar-refractivity contribution in [3.8, 4) is 0 Å². The monoisotopic (exact) mass is 263 g/mol. The molecule has 0 saturated heterocycles. The number of aromatic carboxylic acids is 1. The Bertz CT molecular complexity index is 657. The standard InChI is InChI=1S/C12H13N3O4/c1-7(2)11-13-10(14-19-11)6-15-4-3-9(16)8(5-15)12(17)18/h3-5,7H,6H2,1-2H3,(H,17,18). The molecule has 7 heteroatoms. The van der Waals surface area contributed by atoms with Crippen molar-refractivity contribution < 1.29 is 14.4 Å². The molecule has 0 spiro atoms. The van der Waals surface area contributed by atoms with Crippen molar-refractivity contribution in [3.63, 3.8) is 0 Å². The fourth-order valence-corrected chi connectivity index (χ4v) is 1.51. The maximum atomic E-state index is 11.3. The normalized spacial score (nSPS) is 10.9. The van der Waals surface area contributed by atoms with Crippen LogP contribution in [-0.2, 0) is 6.54 Å². The van der Waals surface area contributed by atoms with E-state index in [1.807, 2.05) is 13.8 Å². The average Bonchev–Trinajstić information content (AvgIpc) is 2.80. The zero-order valence-corrected chi connectivity index (χ0v) is 10.5. The zero-order valence-electron chi connectivity index (χ0n) is 10.5. The number of hydrogen-bond donors (Lipinski definition) is 1. The minimum absolute atomic E-state index is 0.129. The van der Waals surface area contributed by atoms with E-state index in [-0.39, 0.29) is 18.0 Å². The predicted molar refractivity (Wildman–Crippen MR) is 65.2 cm³/mol. The van der Waals surface area contributed by atoms with E-state index in [0.717, 1.165) is 0 Å². The molecular weight excluding hydrogens is 250 g/mol. The molecule has 2 heterocycles. The third kappa shape index (κ3) is 2.87. The Morgan fingerprint density at radius 1 is 1.53 bits per heavy atom. The van der Waals surface area contributed by atoms with Gasteiger partial charge in [-0.15, -0.1) is 0 Å². The molecule has 0 unspecified atom stereocenters. The van der Waals surface area contributed by atoms with Crippen LogP contribution in [0, 0.1) is 0 Å². The van der Waals surface area contributed by atoms with Crippen LogP contribution >= 0.6 is 0 Å². The van der Waals surface area contributed by atoms with Crippen LogP contribution < -0.4 is 5.43 Å². The average molecular weight is 263 g/mol. The van der Waals surface area contributed by atoms with Gasteiger partial charge in [0.25, 0.3) is 0 Å². The van der Waals surface area contributed by atoms with Crippen LogP contribution in [0.2, 0.25) is 0 Å². The minimum Gasteiger partial charge on any atom is -0.477 e. The number of carbonyl (C=O) groups is 1. The van der Waals surface area contributed by atoms with Gasteiger partial charge < -0.3 is 14.2 Å². The van der Waals surface area contributed by atoms with Gasteiger partial charge in [-0.1, -0.05) is 19.0 Å². The molecule has 2 rings (SSSR count). The summed E-state index contributed by atoms with van der Waals surface area (Å²) in [5.41, 5.74) is -0.810. The zero-order chi connectivity index (χ0) is 14.0. The Morgan fingerprint density at radius 2 is 2.26 bits per heavy atom. The van der Waals surface area contributed by atoms with E-state index < -0.39 is 11.4 Å². The number of carboxylic acids is 1. The van der Waals surface area contributed by atoms with Crippen LogP contribution in [0.25, 0.3) is 0 Å². The number of rotatable bonds is 4. The molecule has 0 atom stereocenters. The van der Waals surface area contributed by atoms with Gasteiger partial charge in [0.05, 0.1) is 6.54 Å². The summed E-state index contributed by atoms with van der Waals surface area (Å²) in [5.74, 6) is -0.168. The van der Waals surface area contributed by atoms with Crippen LogP contribution in [0.3, 0.4) is 0 Å². The molecule has 0 aliphatic rings. The first-order valence-corrected chi connectivity index (χ1v) is 5.73. The van der Waals surface area contributed by atoms with Crippen molar-refractivity contribution in [3.05, 3.63) is 46.0 Å². The summed E-state index contributed by atoms with van der Waals surface area (Å²) in [7, 11) is 0. The van der Waals surface area contributed by atoms with Gasteiger partial charge in [0.1, 0.15) is 5.56 Å². The molecule has 0 radical (unpaired) electrons. The van der Waals surface area contributed by atoms with E-state index in [0.29, 0.717) is 11.7 Å². The highest BCUT2D eigenvalue weighted by molar-refractivity contribution is 5.86. The van der Waals surface area contributed by atoms with Gasteiger partial charge >= 0.3 is 5.97 Å². The fraction of sp³-hybridized carbons (Fsp3) is 0.333. The van der Waals surface area contributed by atoms with Gasteiger partial charge in [-0.25, -0.2) is 4.79 Å². The van der Waals surface area contributed by atoms with Gasteiger partial charge in [0.2, 0.25) is 5.89 Å². The van der Waals surface area contributed by atoms with Crippen molar-refractivity contribution in [2.24, 2.45) is 0 Å². The Hall–Kier alpha value is -2.44. The first-order valence-electron chi connectivity index (χ1n) is 5.73. The van der Waals surface area contributed by atoms with Gasteiger partial charge in [0.15, 0.2) is 11.3 Å². The molecule has 1 N–H and O–H groups in total. The maximum Gasteiger partial charge on any atom is 0.341 e. The van der Waals surface area contributed by atoms with E-state index in [9.17, 15) is 9.59 Å². The molecule has 0 aromatic carbocycles. The largest absolute Gasteiger partial charge is 0.477 e. The molecule has 2 aromatic heterocycles. The third-order valence-corrected chi connectivity index (χ3v) is 2.51. The molecule has 0 saturated carbocycles. The van der Waals surface area contributed by atoms with E-state index >= 15 is 0 Å². The van der Waals surface area contributed by atoms with Crippen LogP contribution in [0.15, 0.2) is 27.8 Å². The highest BCUT2D eigenvalue weighted by atomic mass is 16.5. The van der Waals surface area contributed by atoms with E-state index in [2.05, 4.69) is 10.1 Å². The maximum absolute atomic E-state index is 11.3. The number of aromatic nitrogens is 3. The van der Waals surface area contributed by atoms with Crippen LogP contribution in [0.4, 0.5) is 0 Å². The van der Waals surface area contributed by atoms with Crippen molar-refractivity contribution in [1.82, 2.24) is 14.7 Å². The molecule has 0 aliphatic heterocycles. The summed E-state index contributed by atoms with van der Waals surface area (Å²) < 4.78 is 6.57. The topological polar surface area (TPSA) is 98.2 Å². The quantitative estimate of drug-likeness (QED) is 0.886. The van der Waals surface area contributed by atoms with Crippen molar-refractivity contribution in [2.75, 3.05) is 0 Å². The fourth-order valence-electron chi connectivity index (χ4n) is 1.51. The molecule has 0 fully saturated rings. The molecule has 0 bridgehead atoms. The Balaban J connectivity index is 2.25. The number of hydrogen-bond acceptors (Lipinski definition) is 5. The lowest BCUT2D eigenvalue weighted by molar-refractivity contribution is 0.0694. The van der Waals surface area contributed by atoms with E-state index in [4.69, 9.17) is 9.63 Å². The van der Waals surface area contributed by atoms with Crippen LogP contribution in [-0.4, -0.2) is 25.8 Å². The summed E-state index contributed by atoms with van der Waals surface area (Å²) in [4.78, 5) is 26.3. The summed E-state index contributed by atoms with van der Waals surface area (Å²) in [6.45, 7) is 4.11. The summed E-state index contributed by atoms with van der Waals surface area (Å²) >= 11 is 0. The van der Waals surface area contributed by atoms with Crippen molar-refractivity contribution in [1.29, 1.82) is 0 Å². The van der Waals surface area contributed by atoms with Crippen LogP contribution in [0.5, 0.6) is 0 Å². The molecule has 2 aromatic rings. The second-order valence-electron chi connectivity index (χ2n) is 4.40. The van der Waals surface area contributed by atoms with Crippen molar-refractivity contribution in [2.45, 2.75) is 26.3 Å². The Labute approximate surface area is 108 Å². The second-order valence-corrected chi connectivity index (χ2v) is 4.40. The highest BCUT2D eigenvalue weighted by Gasteiger charge is 2.12. The van der Waals surface area contributed by atoms with Gasteiger partial charge in [-0.05, 0) is 0 Å². The van der Waals surface area contributed by atoms with E-state index in [1.165, 1.54) is 23.0 Å². The number of carboxylic acid groups (broad SMARTS) is 1. The predicted octanol–water partition coefficient (Wildman–Crippen LogP) is 1.10. The first-order chi connectivity index (χ1) is 8.97. The molecule has 0 aliphatic carbocycles. The minimum atomic E-state index is -1.25. The first kappa shape index (κ1) is 13.0. The lowest BCUT2D eigenvalue weighted by atomic mass is 10.2.